The van der Waals surface area contributed by atoms with E-state index in [-0.39, 0.29) is 6.71 Å². The van der Waals surface area contributed by atoms with Crippen LogP contribution in [-0.4, -0.2) is 13.8 Å². The smallest absolute Gasteiger partial charge is 0.246 e. The molecule has 3 nitrogen and oxygen atoms in total. The molecule has 0 N–H and O–H groups in total. The van der Waals surface area contributed by atoms with Gasteiger partial charge < -0.3 is 14.1 Å². The summed E-state index contributed by atoms with van der Waals surface area (Å²) in [7, 11) is 1.78. The number of benzene rings is 11. The van der Waals surface area contributed by atoms with E-state index in [1.807, 2.05) is 6.07 Å². The van der Waals surface area contributed by atoms with Gasteiger partial charge in [0.25, 0.3) is 0 Å². The van der Waals surface area contributed by atoms with Crippen molar-refractivity contribution in [1.29, 1.82) is 0 Å². The van der Waals surface area contributed by atoms with Crippen molar-refractivity contribution >= 4 is 94.4 Å². The summed E-state index contributed by atoms with van der Waals surface area (Å²) in [5.41, 5.74) is 13.2. The van der Waals surface area contributed by atoms with E-state index in [4.69, 9.17) is 9.15 Å². The first-order valence-corrected chi connectivity index (χ1v) is 22.2. The molecule has 0 aliphatic carbocycles. The third-order valence-corrected chi connectivity index (χ3v) is 13.1. The van der Waals surface area contributed by atoms with Crippen LogP contribution < -0.4 is 26.0 Å². The van der Waals surface area contributed by atoms with E-state index in [9.17, 15) is 0 Å². The number of methoxy groups -OCH3 is 1. The normalized spacial score (nSPS) is 11.5. The summed E-state index contributed by atoms with van der Waals surface area (Å²) >= 11 is 0. The van der Waals surface area contributed by atoms with Gasteiger partial charge in [-0.15, -0.1) is 0 Å². The van der Waals surface area contributed by atoms with Gasteiger partial charge in [0.05, 0.1) is 7.11 Å². The summed E-state index contributed by atoms with van der Waals surface area (Å²) in [5.74, 6) is 0.829. The highest BCUT2D eigenvalue weighted by molar-refractivity contribution is 6.98. The van der Waals surface area contributed by atoms with E-state index in [1.54, 1.807) is 7.11 Å². The Bertz CT molecular complexity index is 3660. The number of furan rings is 1. The average Bonchev–Trinajstić information content (AvgIpc) is 3.77. The molecule has 4 heteroatoms. The first-order chi connectivity index (χ1) is 32.2. The molecule has 65 heavy (non-hydrogen) atoms. The first-order valence-electron chi connectivity index (χ1n) is 22.2. The summed E-state index contributed by atoms with van der Waals surface area (Å²) in [4.78, 5) is 2.29. The largest absolute Gasteiger partial charge is 0.496 e. The molecule has 0 saturated carbocycles. The summed E-state index contributed by atoms with van der Waals surface area (Å²) in [6, 6.07) is 84.9. The Kier molecular flexibility index (Phi) is 9.49. The fourth-order valence-corrected chi connectivity index (χ4v) is 10.1. The maximum absolute atomic E-state index is 6.73. The lowest BCUT2D eigenvalue weighted by atomic mass is 9.36. The summed E-state index contributed by atoms with van der Waals surface area (Å²) in [5, 5.41) is 9.48. The molecule has 0 unspecified atom stereocenters. The van der Waals surface area contributed by atoms with Crippen molar-refractivity contribution in [3.8, 4) is 28.0 Å². The van der Waals surface area contributed by atoms with Crippen molar-refractivity contribution in [2.75, 3.05) is 12.0 Å². The highest BCUT2D eigenvalue weighted by atomic mass is 16.5. The molecule has 0 aliphatic heterocycles. The second-order valence-electron chi connectivity index (χ2n) is 16.7. The highest BCUT2D eigenvalue weighted by Gasteiger charge is 2.29. The van der Waals surface area contributed by atoms with Crippen molar-refractivity contribution in [2.24, 2.45) is 0 Å². The van der Waals surface area contributed by atoms with Crippen LogP contribution in [0.25, 0.3) is 76.5 Å². The molecule has 0 fully saturated rings. The van der Waals surface area contributed by atoms with Gasteiger partial charge in [-0.1, -0.05) is 193 Å². The summed E-state index contributed by atoms with van der Waals surface area (Å²) < 4.78 is 13.0. The van der Waals surface area contributed by atoms with Crippen LogP contribution in [0.5, 0.6) is 5.75 Å². The quantitative estimate of drug-likeness (QED) is 0.107. The van der Waals surface area contributed by atoms with Crippen LogP contribution in [0.3, 0.4) is 0 Å². The number of anilines is 3. The lowest BCUT2D eigenvalue weighted by Crippen LogP contribution is -2.52. The number of nitrogens with zero attached hydrogens (tertiary/aromatic N) is 1. The predicted octanol–water partition coefficient (Wildman–Crippen LogP) is 14.4. The molecule has 0 saturated heterocycles. The van der Waals surface area contributed by atoms with E-state index in [0.717, 1.165) is 72.5 Å². The van der Waals surface area contributed by atoms with Gasteiger partial charge in [-0.3, -0.25) is 0 Å². The van der Waals surface area contributed by atoms with Crippen molar-refractivity contribution < 1.29 is 9.15 Å². The van der Waals surface area contributed by atoms with Crippen LogP contribution in [0.4, 0.5) is 17.1 Å². The number of fused-ring (bicyclic) bond motifs is 8. The second kappa shape index (κ2) is 16.1. The number of rotatable bonds is 9. The Morgan fingerprint density at radius 1 is 0.369 bits per heavy atom. The standard InChI is InChI=1S/C61H42BNO2/c1-64-60-38-42(41-32-35-46(36-33-41)63(44-20-7-3-8-21-44)45-22-9-4-10-23-45)34-37-52(60)54-39-55-49-26-13-14-27-50(49)58(40-56(55)48-25-12-11-24-47(48)54)62(43-18-5-2-6-19-43)57-30-17-29-53-51-28-15-16-31-59(51)65-61(53)57/h2-40H,1H3. The Morgan fingerprint density at radius 3 is 1.60 bits per heavy atom. The summed E-state index contributed by atoms with van der Waals surface area (Å²) in [6.45, 7) is -0.0883. The van der Waals surface area contributed by atoms with Crippen LogP contribution in [0.15, 0.2) is 241 Å². The molecule has 1 heterocycles. The molecule has 0 aliphatic rings. The van der Waals surface area contributed by atoms with Crippen LogP contribution >= 0.6 is 0 Å². The lowest BCUT2D eigenvalue weighted by molar-refractivity contribution is 0.416. The fraction of sp³-hybridized carbons (Fsp3) is 0.0164. The predicted molar refractivity (Wildman–Crippen MR) is 276 cm³/mol. The van der Waals surface area contributed by atoms with Gasteiger partial charge in [0, 0.05) is 33.4 Å². The van der Waals surface area contributed by atoms with E-state index >= 15 is 0 Å². The molecular formula is C61H42BNO2. The van der Waals surface area contributed by atoms with E-state index < -0.39 is 0 Å². The minimum atomic E-state index is -0.0883. The molecule has 306 valence electrons. The Balaban J connectivity index is 1.00. The Hall–Kier alpha value is -8.34. The topological polar surface area (TPSA) is 25.6 Å². The summed E-state index contributed by atoms with van der Waals surface area (Å²) in [6.07, 6.45) is 0. The number of para-hydroxylation sites is 4. The van der Waals surface area contributed by atoms with Crippen molar-refractivity contribution in [1.82, 2.24) is 0 Å². The van der Waals surface area contributed by atoms with Gasteiger partial charge in [0.15, 0.2) is 0 Å². The highest BCUT2D eigenvalue weighted by Crippen LogP contribution is 2.43. The number of hydrogen-bond donors (Lipinski definition) is 0. The van der Waals surface area contributed by atoms with Gasteiger partial charge >= 0.3 is 0 Å². The third kappa shape index (κ3) is 6.62. The van der Waals surface area contributed by atoms with Gasteiger partial charge in [-0.05, 0) is 109 Å². The molecule has 12 aromatic rings. The van der Waals surface area contributed by atoms with Gasteiger partial charge in [0.2, 0.25) is 6.71 Å². The molecular weight excluding hydrogens is 789 g/mol. The number of hydrogen-bond acceptors (Lipinski definition) is 3. The van der Waals surface area contributed by atoms with Crippen LogP contribution in [0, 0.1) is 0 Å². The zero-order valence-corrected chi connectivity index (χ0v) is 35.9. The zero-order valence-electron chi connectivity index (χ0n) is 35.9. The molecule has 12 rings (SSSR count). The van der Waals surface area contributed by atoms with Crippen LogP contribution in [-0.2, 0) is 0 Å². The van der Waals surface area contributed by atoms with Crippen molar-refractivity contribution in [3.05, 3.63) is 237 Å². The fourth-order valence-electron chi connectivity index (χ4n) is 10.1. The van der Waals surface area contributed by atoms with Gasteiger partial charge in [-0.25, -0.2) is 0 Å². The van der Waals surface area contributed by atoms with Gasteiger partial charge in [-0.2, -0.15) is 0 Å². The van der Waals surface area contributed by atoms with Crippen molar-refractivity contribution in [2.45, 2.75) is 0 Å². The third-order valence-electron chi connectivity index (χ3n) is 13.1. The SMILES string of the molecule is COc1cc(-c2ccc(N(c3ccccc3)c3ccccc3)cc2)ccc1-c1cc2c3ccccc3c(B(c3ccccc3)c3cccc4c3oc3ccccc34)cc2c2ccccc12. The molecule has 0 atom stereocenters. The van der Waals surface area contributed by atoms with Crippen LogP contribution in [0.2, 0.25) is 0 Å². The minimum Gasteiger partial charge on any atom is -0.496 e. The molecule has 11 aromatic carbocycles. The first kappa shape index (κ1) is 38.3. The van der Waals surface area contributed by atoms with Gasteiger partial charge in [0.1, 0.15) is 16.9 Å². The molecule has 1 aromatic heterocycles. The van der Waals surface area contributed by atoms with E-state index in [0.29, 0.717) is 0 Å². The molecule has 0 radical (unpaired) electrons. The molecule has 0 bridgehead atoms. The van der Waals surface area contributed by atoms with E-state index in [1.165, 1.54) is 43.2 Å². The Morgan fingerprint density at radius 2 is 0.908 bits per heavy atom. The average molecular weight is 832 g/mol. The minimum absolute atomic E-state index is 0.0883. The maximum atomic E-state index is 6.73. The van der Waals surface area contributed by atoms with Crippen molar-refractivity contribution in [3.63, 3.8) is 0 Å². The number of ether oxygens (including phenoxy) is 1. The monoisotopic (exact) mass is 831 g/mol. The molecule has 0 amide bonds. The molecule has 0 spiro atoms. The maximum Gasteiger partial charge on any atom is 0.246 e. The van der Waals surface area contributed by atoms with E-state index in [2.05, 4.69) is 235 Å². The lowest BCUT2D eigenvalue weighted by Gasteiger charge is -2.25. The second-order valence-corrected chi connectivity index (χ2v) is 16.7. The zero-order chi connectivity index (χ0) is 43.3. The van der Waals surface area contributed by atoms with Crippen LogP contribution in [0.1, 0.15) is 0 Å². The Labute approximate surface area is 378 Å².